The molecule has 0 aliphatic carbocycles. The molecule has 0 saturated carbocycles. The van der Waals surface area contributed by atoms with Crippen LogP contribution in [0.2, 0.25) is 5.02 Å². The molecule has 2 unspecified atom stereocenters. The molecule has 1 N–H and O–H groups in total. The molecule has 0 radical (unpaired) electrons. The second-order valence-corrected chi connectivity index (χ2v) is 9.26. The maximum Gasteiger partial charge on any atom is 0.138 e. The number of halogens is 1. The zero-order chi connectivity index (χ0) is 24.5. The van der Waals surface area contributed by atoms with Gasteiger partial charge < -0.3 is 15.1 Å². The topological polar surface area (TPSA) is 48.7 Å². The highest BCUT2D eigenvalue weighted by molar-refractivity contribution is 7.59. The van der Waals surface area contributed by atoms with Gasteiger partial charge in [0.05, 0.1) is 28.5 Å². The Morgan fingerprint density at radius 1 is 1.00 bits per heavy atom. The number of imidazole rings is 1. The highest BCUT2D eigenvalue weighted by Gasteiger charge is 2.27. The molecule has 5 rings (SSSR count). The maximum atomic E-state index is 6.40. The second-order valence-electron chi connectivity index (χ2n) is 8.85. The molecule has 194 valence electrons. The van der Waals surface area contributed by atoms with E-state index in [9.17, 15) is 0 Å². The molecule has 5 heterocycles. The van der Waals surface area contributed by atoms with Crippen LogP contribution in [0, 0.1) is 0 Å². The average molecular weight is 519 g/mol. The van der Waals surface area contributed by atoms with Crippen LogP contribution in [0.25, 0.3) is 5.65 Å². The van der Waals surface area contributed by atoms with Crippen molar-refractivity contribution in [3.63, 3.8) is 0 Å². The normalized spacial score (nSPS) is 20.2. The summed E-state index contributed by atoms with van der Waals surface area (Å²) >= 11 is 6.40. The fourth-order valence-corrected chi connectivity index (χ4v) is 4.77. The van der Waals surface area contributed by atoms with E-state index in [2.05, 4.69) is 69.8 Å². The number of hydrogen-bond acceptors (Lipinski definition) is 5. The lowest BCUT2D eigenvalue weighted by Crippen LogP contribution is -2.45. The number of nitrogens with one attached hydrogen (secondary N) is 1. The highest BCUT2D eigenvalue weighted by Crippen LogP contribution is 2.34. The first-order chi connectivity index (χ1) is 16.6. The number of hydrogen-bond donors (Lipinski definition) is 1. The summed E-state index contributed by atoms with van der Waals surface area (Å²) in [6.45, 7) is 12.5. The summed E-state index contributed by atoms with van der Waals surface area (Å²) in [5, 5.41) is 4.48. The predicted molar refractivity (Wildman–Crippen MR) is 154 cm³/mol. The van der Waals surface area contributed by atoms with Gasteiger partial charge in [0.2, 0.25) is 0 Å². The molecule has 0 amide bonds. The van der Waals surface area contributed by atoms with Crippen molar-refractivity contribution >= 4 is 36.6 Å². The zero-order valence-corrected chi connectivity index (χ0v) is 23.7. The smallest absolute Gasteiger partial charge is 0.138 e. The molecular weight excluding hydrogens is 476 g/mol. The van der Waals surface area contributed by atoms with E-state index in [4.69, 9.17) is 16.6 Å². The van der Waals surface area contributed by atoms with Crippen LogP contribution in [0.1, 0.15) is 76.8 Å². The number of piperidine rings is 1. The number of piperazine rings is 1. The van der Waals surface area contributed by atoms with E-state index in [0.717, 1.165) is 67.5 Å². The second kappa shape index (κ2) is 14.7. The molecule has 2 saturated heterocycles. The fourth-order valence-electron chi connectivity index (χ4n) is 4.52. The molecule has 0 spiro atoms. The van der Waals surface area contributed by atoms with Gasteiger partial charge in [0.25, 0.3) is 0 Å². The minimum atomic E-state index is 0. The summed E-state index contributed by atoms with van der Waals surface area (Å²) in [7, 11) is 2.19. The van der Waals surface area contributed by atoms with Crippen molar-refractivity contribution in [1.82, 2.24) is 24.6 Å². The molecule has 2 aliphatic heterocycles. The third-order valence-corrected chi connectivity index (χ3v) is 6.50. The van der Waals surface area contributed by atoms with Crippen LogP contribution >= 0.6 is 25.1 Å². The van der Waals surface area contributed by atoms with Gasteiger partial charge in [-0.05, 0) is 50.6 Å². The van der Waals surface area contributed by atoms with Crippen LogP contribution < -0.4 is 10.2 Å². The Labute approximate surface area is 223 Å². The van der Waals surface area contributed by atoms with E-state index in [1.54, 1.807) is 0 Å². The summed E-state index contributed by atoms with van der Waals surface area (Å²) in [4.78, 5) is 14.3. The van der Waals surface area contributed by atoms with Crippen molar-refractivity contribution in [2.75, 3.05) is 38.1 Å². The lowest BCUT2D eigenvalue weighted by atomic mass is 9.94. The minimum absolute atomic E-state index is 0. The van der Waals surface area contributed by atoms with E-state index in [0.29, 0.717) is 0 Å². The van der Waals surface area contributed by atoms with E-state index >= 15 is 0 Å². The molecule has 6 nitrogen and oxygen atoms in total. The molecule has 2 fully saturated rings. The van der Waals surface area contributed by atoms with Crippen LogP contribution in [-0.2, 0) is 0 Å². The molecule has 0 bridgehead atoms. The number of aromatic nitrogens is 3. The number of fused-ring (bicyclic) bond motifs is 1. The summed E-state index contributed by atoms with van der Waals surface area (Å²) in [5.41, 5.74) is 3.06. The first kappa shape index (κ1) is 29.4. The first-order valence-electron chi connectivity index (χ1n) is 12.9. The monoisotopic (exact) mass is 518 g/mol. The third kappa shape index (κ3) is 7.35. The van der Waals surface area contributed by atoms with Crippen molar-refractivity contribution in [2.24, 2.45) is 0 Å². The van der Waals surface area contributed by atoms with E-state index in [-0.39, 0.29) is 25.6 Å². The Morgan fingerprint density at radius 2 is 1.69 bits per heavy atom. The van der Waals surface area contributed by atoms with Crippen LogP contribution in [0.15, 0.2) is 42.7 Å². The Hall–Kier alpha value is -1.80. The molecule has 0 aromatic carbocycles. The van der Waals surface area contributed by atoms with Crippen LogP contribution in [-0.4, -0.2) is 52.5 Å². The number of anilines is 1. The molecule has 35 heavy (non-hydrogen) atoms. The Kier molecular flexibility index (Phi) is 12.3. The summed E-state index contributed by atoms with van der Waals surface area (Å²) < 4.78 is 2.25. The lowest BCUT2D eigenvalue weighted by molar-refractivity contribution is 0.311. The van der Waals surface area contributed by atoms with Gasteiger partial charge in [0.15, 0.2) is 0 Å². The Morgan fingerprint density at radius 3 is 2.37 bits per heavy atom. The SMILES string of the molecule is CC.CCC.CN1CCN(c2cccc3nc(C4CCCC(c5ncccc5Cl)N4)cn23)CC1.S. The largest absolute Gasteiger partial charge is 0.355 e. The van der Waals surface area contributed by atoms with Crippen molar-refractivity contribution < 1.29 is 0 Å². The molecule has 3 aromatic heterocycles. The van der Waals surface area contributed by atoms with Crippen molar-refractivity contribution in [3.8, 4) is 0 Å². The fraction of sp³-hybridized carbons (Fsp3) is 0.556. The molecule has 3 aromatic rings. The molecule has 2 aliphatic rings. The number of rotatable bonds is 3. The number of nitrogens with zero attached hydrogens (tertiary/aromatic N) is 5. The van der Waals surface area contributed by atoms with Crippen LogP contribution in [0.5, 0.6) is 0 Å². The van der Waals surface area contributed by atoms with Gasteiger partial charge in [-0.25, -0.2) is 4.98 Å². The van der Waals surface area contributed by atoms with E-state index in [1.165, 1.54) is 12.2 Å². The summed E-state index contributed by atoms with van der Waals surface area (Å²) in [6.07, 6.45) is 8.54. The summed E-state index contributed by atoms with van der Waals surface area (Å²) in [6, 6.07) is 10.6. The Balaban J connectivity index is 0.000000671. The molecular formula is C27H43ClN6S. The third-order valence-electron chi connectivity index (χ3n) is 6.18. The van der Waals surface area contributed by atoms with E-state index in [1.807, 2.05) is 32.2 Å². The number of likely N-dealkylation sites (N-methyl/N-ethyl adjacent to an activating group) is 1. The van der Waals surface area contributed by atoms with Crippen molar-refractivity contribution in [1.29, 1.82) is 0 Å². The van der Waals surface area contributed by atoms with Gasteiger partial charge in [-0.1, -0.05) is 51.8 Å². The predicted octanol–water partition coefficient (Wildman–Crippen LogP) is 6.25. The van der Waals surface area contributed by atoms with Crippen molar-refractivity contribution in [2.45, 2.75) is 65.5 Å². The average Bonchev–Trinajstić information content (AvgIpc) is 3.31. The van der Waals surface area contributed by atoms with Gasteiger partial charge in [-0.3, -0.25) is 9.38 Å². The van der Waals surface area contributed by atoms with Crippen LogP contribution in [0.3, 0.4) is 0 Å². The molecule has 2 atom stereocenters. The van der Waals surface area contributed by atoms with Gasteiger partial charge >= 0.3 is 0 Å². The van der Waals surface area contributed by atoms with Gasteiger partial charge in [-0.2, -0.15) is 13.5 Å². The summed E-state index contributed by atoms with van der Waals surface area (Å²) in [5.74, 6) is 1.23. The van der Waals surface area contributed by atoms with Gasteiger partial charge in [0.1, 0.15) is 11.5 Å². The van der Waals surface area contributed by atoms with E-state index < -0.39 is 0 Å². The minimum Gasteiger partial charge on any atom is -0.355 e. The number of pyridine rings is 2. The van der Waals surface area contributed by atoms with Crippen molar-refractivity contribution in [3.05, 3.63) is 59.1 Å². The highest BCUT2D eigenvalue weighted by atomic mass is 35.5. The zero-order valence-electron chi connectivity index (χ0n) is 22.0. The molecule has 8 heteroatoms. The standard InChI is InChI=1S/C22H27ClN6.C3H8.C2H6.H2S/c1-27-11-13-28(14-12-27)21-9-3-8-20-26-19(15-29(20)21)17-6-2-7-18(25-17)22-16(23)5-4-10-24-22;1-3-2;1-2;/h3-5,8-10,15,17-18,25H,2,6-7,11-14H2,1H3;3H2,1-2H3;1-2H3;1H2. The first-order valence-corrected chi connectivity index (χ1v) is 13.3. The van der Waals surface area contributed by atoms with Gasteiger partial charge in [0, 0.05) is 38.6 Å². The quantitative estimate of drug-likeness (QED) is 0.444. The maximum absolute atomic E-state index is 6.40. The Bertz CT molecular complexity index is 1020. The lowest BCUT2D eigenvalue weighted by Gasteiger charge is -2.34. The van der Waals surface area contributed by atoms with Crippen LogP contribution in [0.4, 0.5) is 5.82 Å². The van der Waals surface area contributed by atoms with Gasteiger partial charge in [-0.15, -0.1) is 0 Å².